The molecule has 0 spiro atoms. The number of unbranched alkanes of at least 4 members (excludes halogenated alkanes) is 10. The molecule has 10 heteroatoms. The Hall–Kier alpha value is 0.0700. The van der Waals surface area contributed by atoms with Gasteiger partial charge in [-0.05, 0) is 18.4 Å². The molecule has 0 amide bonds. The van der Waals surface area contributed by atoms with Gasteiger partial charge in [0.1, 0.15) is 0 Å². The van der Waals surface area contributed by atoms with Crippen LogP contribution in [0.25, 0.3) is 0 Å². The van der Waals surface area contributed by atoms with Gasteiger partial charge in [-0.15, -0.1) is 0 Å². The van der Waals surface area contributed by atoms with Gasteiger partial charge in [0.25, 0.3) is 10.1 Å². The normalized spacial score (nSPS) is 13.2. The van der Waals surface area contributed by atoms with E-state index in [1.54, 1.807) is 6.07 Å². The maximum absolute atomic E-state index is 12.8. The molecule has 0 aliphatic rings. The van der Waals surface area contributed by atoms with E-state index < -0.39 is 32.2 Å². The summed E-state index contributed by atoms with van der Waals surface area (Å²) >= 11 is 0. The molecule has 0 heterocycles. The molecule has 1 unspecified atom stereocenters. The smallest absolute Gasteiger partial charge is 0.549 e. The molecule has 1 N–H and O–H groups in total. The van der Waals surface area contributed by atoms with Gasteiger partial charge >= 0.3 is 59.1 Å². The first kappa shape index (κ1) is 38.2. The van der Waals surface area contributed by atoms with E-state index >= 15 is 0 Å². The van der Waals surface area contributed by atoms with Crippen LogP contribution in [-0.4, -0.2) is 24.9 Å². The topological polar surface area (TPSA) is 135 Å². The van der Waals surface area contributed by atoms with Crippen molar-refractivity contribution in [2.75, 3.05) is 0 Å². The molecule has 1 atom stereocenters. The molecular weight excluding hydrogens is 502 g/mol. The average molecular weight is 543 g/mol. The van der Waals surface area contributed by atoms with Gasteiger partial charge in [0.05, 0.1) is 5.97 Å². The summed E-state index contributed by atoms with van der Waals surface area (Å²) in [6.07, 6.45) is 9.01. The van der Waals surface area contributed by atoms with E-state index in [1.165, 1.54) is 24.3 Å². The van der Waals surface area contributed by atoms with E-state index in [1.807, 2.05) is 0 Å². The molecule has 0 aliphatic heterocycles. The van der Waals surface area contributed by atoms with E-state index in [-0.39, 0.29) is 77.5 Å². The van der Waals surface area contributed by atoms with Crippen molar-refractivity contribution in [3.8, 4) is 0 Å². The summed E-state index contributed by atoms with van der Waals surface area (Å²) < 4.78 is 32.8. The first-order chi connectivity index (χ1) is 16.1. The van der Waals surface area contributed by atoms with Crippen LogP contribution >= 0.6 is 0 Å². The second kappa shape index (κ2) is 19.2. The second-order valence-corrected chi connectivity index (χ2v) is 10.8. The van der Waals surface area contributed by atoms with Crippen LogP contribution in [0.2, 0.25) is 0 Å². The van der Waals surface area contributed by atoms with Gasteiger partial charge in [-0.1, -0.05) is 121 Å². The number of carboxylic acid groups (broad SMARTS) is 2. The van der Waals surface area contributed by atoms with Gasteiger partial charge in [-0.25, -0.2) is 0 Å². The van der Waals surface area contributed by atoms with Gasteiger partial charge in [0, 0.05) is 11.4 Å². The molecule has 0 fully saturated rings. The van der Waals surface area contributed by atoms with Crippen molar-refractivity contribution in [1.82, 2.24) is 0 Å². The monoisotopic (exact) mass is 542 g/mol. The largest absolute Gasteiger partial charge is 1.00 e. The molecule has 7 nitrogen and oxygen atoms in total. The summed E-state index contributed by atoms with van der Waals surface area (Å²) in [5.74, 6) is -3.94. The Morgan fingerprint density at radius 1 is 0.722 bits per heavy atom. The van der Waals surface area contributed by atoms with Crippen LogP contribution in [-0.2, 0) is 24.5 Å². The fourth-order valence-electron chi connectivity index (χ4n) is 5.00. The van der Waals surface area contributed by atoms with Crippen LogP contribution in [0.5, 0.6) is 0 Å². The number of carboxylic acids is 2. The predicted octanol–water partition coefficient (Wildman–Crippen LogP) is -2.23. The number of aliphatic carboxylic acids is 2. The van der Waals surface area contributed by atoms with Crippen LogP contribution in [0.15, 0.2) is 30.3 Å². The molecule has 0 aliphatic carbocycles. The average Bonchev–Trinajstić information content (AvgIpc) is 2.77. The molecule has 1 rings (SSSR count). The van der Waals surface area contributed by atoms with Crippen LogP contribution in [0.4, 0.5) is 0 Å². The molecule has 36 heavy (non-hydrogen) atoms. The quantitative estimate of drug-likeness (QED) is 0.119. The van der Waals surface area contributed by atoms with Crippen molar-refractivity contribution in [3.63, 3.8) is 0 Å². The van der Waals surface area contributed by atoms with E-state index in [4.69, 9.17) is 0 Å². The van der Waals surface area contributed by atoms with E-state index in [2.05, 4.69) is 13.8 Å². The van der Waals surface area contributed by atoms with Crippen LogP contribution in [0, 0.1) is 5.41 Å². The van der Waals surface area contributed by atoms with E-state index in [0.717, 1.165) is 51.4 Å². The molecule has 0 saturated carbocycles. The van der Waals surface area contributed by atoms with Crippen LogP contribution < -0.4 is 69.3 Å². The van der Waals surface area contributed by atoms with Crippen LogP contribution in [0.1, 0.15) is 109 Å². The van der Waals surface area contributed by atoms with E-state index in [0.29, 0.717) is 25.7 Å². The summed E-state index contributed by atoms with van der Waals surface area (Å²) in [5, 5.41) is 25.4. The Morgan fingerprint density at radius 2 is 1.11 bits per heavy atom. The summed E-state index contributed by atoms with van der Waals surface area (Å²) in [7, 11) is -5.47. The molecule has 0 aromatic heterocycles. The Labute approximate surface area is 261 Å². The summed E-state index contributed by atoms with van der Waals surface area (Å²) in [5.41, 5.74) is -2.71. The van der Waals surface area contributed by atoms with Gasteiger partial charge in [0.2, 0.25) is 0 Å². The van der Waals surface area contributed by atoms with Gasteiger partial charge < -0.3 is 19.8 Å². The SMILES string of the molecule is CCCCCCCCC(CCCCCCCC)(C(=O)[O-])C(C(=O)[O-])(c1ccccc1)S(=O)(=O)O.[Na+].[Na+]. The minimum atomic E-state index is -5.47. The summed E-state index contributed by atoms with van der Waals surface area (Å²) in [6, 6.07) is 6.80. The van der Waals surface area contributed by atoms with Gasteiger partial charge in [-0.3, -0.25) is 4.55 Å². The third kappa shape index (κ3) is 9.67. The Morgan fingerprint density at radius 3 is 1.44 bits per heavy atom. The zero-order valence-electron chi connectivity index (χ0n) is 22.6. The molecule has 0 saturated heterocycles. The Bertz CT molecular complexity index is 846. The molecule has 1 aromatic carbocycles. The third-order valence-corrected chi connectivity index (χ3v) is 8.40. The number of hydrogen-bond acceptors (Lipinski definition) is 6. The number of carbonyl (C=O) groups is 2. The predicted molar refractivity (Wildman–Crippen MR) is 128 cm³/mol. The van der Waals surface area contributed by atoms with Crippen LogP contribution in [0.3, 0.4) is 0 Å². The molecular formula is C26H40Na2O7S. The minimum absolute atomic E-state index is 0. The number of rotatable bonds is 19. The van der Waals surface area contributed by atoms with Crippen molar-refractivity contribution in [1.29, 1.82) is 0 Å². The fraction of sp³-hybridized carbons (Fsp3) is 0.692. The molecule has 0 radical (unpaired) electrons. The van der Waals surface area contributed by atoms with Gasteiger partial charge in [-0.2, -0.15) is 8.42 Å². The maximum atomic E-state index is 12.8. The fourth-order valence-corrected chi connectivity index (χ4v) is 6.43. The van der Waals surface area contributed by atoms with Crippen molar-refractivity contribution in [3.05, 3.63) is 35.9 Å². The first-order valence-electron chi connectivity index (χ1n) is 12.6. The van der Waals surface area contributed by atoms with E-state index in [9.17, 15) is 32.8 Å². The number of hydrogen-bond donors (Lipinski definition) is 1. The summed E-state index contributed by atoms with van der Waals surface area (Å²) in [6.45, 7) is 4.14. The Balaban J connectivity index is 0. The zero-order valence-corrected chi connectivity index (χ0v) is 27.4. The van der Waals surface area contributed by atoms with Gasteiger partial charge in [0.15, 0.2) is 4.75 Å². The molecule has 0 bridgehead atoms. The number of carbonyl (C=O) groups excluding carboxylic acids is 2. The van der Waals surface area contributed by atoms with Crippen molar-refractivity contribution in [2.24, 2.45) is 5.41 Å². The summed E-state index contributed by atoms with van der Waals surface area (Å²) in [4.78, 5) is 25.4. The standard InChI is InChI=1S/C26H42O7S.2Na/c1-3-5-7-9-11-16-20-25(23(27)28,21-17-12-10-8-6-4-2)26(24(29)30,34(31,32)33)22-18-14-13-15-19-22;;/h13-15,18-19H,3-12,16-17,20-21H2,1-2H3,(H,27,28)(H,29,30)(H,31,32,33);;/q;2*+1/p-2. The Kier molecular flexibility index (Phi) is 20.4. The zero-order chi connectivity index (χ0) is 25.7. The number of benzene rings is 1. The minimum Gasteiger partial charge on any atom is -0.549 e. The first-order valence-corrected chi connectivity index (χ1v) is 14.0. The third-order valence-electron chi connectivity index (χ3n) is 6.83. The maximum Gasteiger partial charge on any atom is 1.00 e. The molecule has 1 aromatic rings. The van der Waals surface area contributed by atoms with Crippen molar-refractivity contribution >= 4 is 22.1 Å². The van der Waals surface area contributed by atoms with Crippen molar-refractivity contribution < 1.29 is 91.9 Å². The molecule has 194 valence electrons. The second-order valence-electron chi connectivity index (χ2n) is 9.21. The van der Waals surface area contributed by atoms with Crippen molar-refractivity contribution in [2.45, 2.75) is 108 Å².